The fraction of sp³-hybridized carbons (Fsp3) is 1.00. The first-order valence-electron chi connectivity index (χ1n) is 7.11. The summed E-state index contributed by atoms with van der Waals surface area (Å²) in [5.74, 6) is 1.07. The van der Waals surface area contributed by atoms with E-state index in [1.807, 2.05) is 0 Å². The van der Waals surface area contributed by atoms with E-state index in [0.717, 1.165) is 11.3 Å². The van der Waals surface area contributed by atoms with Gasteiger partial charge in [-0.15, -0.1) is 0 Å². The lowest BCUT2D eigenvalue weighted by Gasteiger charge is -2.37. The number of hydrogen-bond acceptors (Lipinski definition) is 1. The summed E-state index contributed by atoms with van der Waals surface area (Å²) in [6.07, 6.45) is 13.7. The van der Waals surface area contributed by atoms with Crippen molar-refractivity contribution in [3.05, 3.63) is 0 Å². The van der Waals surface area contributed by atoms with Gasteiger partial charge in [-0.25, -0.2) is 0 Å². The lowest BCUT2D eigenvalue weighted by molar-refractivity contribution is 0.122. The molecule has 0 N–H and O–H groups in total. The van der Waals surface area contributed by atoms with Crippen LogP contribution in [0.2, 0.25) is 0 Å². The molecule has 3 rings (SSSR count). The predicted molar refractivity (Wildman–Crippen MR) is 63.9 cm³/mol. The molecule has 1 saturated heterocycles. The second-order valence-electron chi connectivity index (χ2n) is 6.17. The fourth-order valence-electron chi connectivity index (χ4n) is 3.94. The summed E-state index contributed by atoms with van der Waals surface area (Å²) in [5.41, 5.74) is 0.857. The number of piperidine rings is 1. The molecule has 1 atom stereocenters. The zero-order valence-corrected chi connectivity index (χ0v) is 10.0. The molecule has 0 aromatic rings. The van der Waals surface area contributed by atoms with Crippen LogP contribution in [0.1, 0.15) is 57.8 Å². The minimum atomic E-state index is 0.857. The van der Waals surface area contributed by atoms with E-state index in [4.69, 9.17) is 0 Å². The molecule has 1 aliphatic heterocycles. The van der Waals surface area contributed by atoms with Gasteiger partial charge in [0, 0.05) is 6.54 Å². The van der Waals surface area contributed by atoms with Gasteiger partial charge < -0.3 is 4.90 Å². The highest BCUT2D eigenvalue weighted by Gasteiger charge is 2.49. The Morgan fingerprint density at radius 1 is 0.867 bits per heavy atom. The Morgan fingerprint density at radius 2 is 1.67 bits per heavy atom. The molecule has 3 fully saturated rings. The van der Waals surface area contributed by atoms with Crippen LogP contribution in [0.25, 0.3) is 0 Å². The molecule has 15 heavy (non-hydrogen) atoms. The van der Waals surface area contributed by atoms with Crippen molar-refractivity contribution in [2.45, 2.75) is 57.8 Å². The van der Waals surface area contributed by atoms with Crippen LogP contribution in [0.5, 0.6) is 0 Å². The van der Waals surface area contributed by atoms with Crippen molar-refractivity contribution in [2.75, 3.05) is 19.6 Å². The van der Waals surface area contributed by atoms with Crippen molar-refractivity contribution in [1.82, 2.24) is 4.90 Å². The number of hydrogen-bond donors (Lipinski definition) is 0. The Balaban J connectivity index is 1.56. The van der Waals surface area contributed by atoms with Gasteiger partial charge in [0.15, 0.2) is 0 Å². The maximum absolute atomic E-state index is 2.76. The number of likely N-dealkylation sites (tertiary alicyclic amines) is 1. The molecule has 0 amide bonds. The number of nitrogens with zero attached hydrogens (tertiary/aromatic N) is 1. The molecule has 0 aromatic heterocycles. The first-order chi connectivity index (χ1) is 7.39. The van der Waals surface area contributed by atoms with E-state index in [1.54, 1.807) is 19.3 Å². The molecule has 0 radical (unpaired) electrons. The minimum Gasteiger partial charge on any atom is -0.303 e. The third kappa shape index (κ3) is 2.08. The normalized spacial score (nSPS) is 35.6. The topological polar surface area (TPSA) is 3.24 Å². The second kappa shape index (κ2) is 4.08. The van der Waals surface area contributed by atoms with Gasteiger partial charge in [-0.3, -0.25) is 0 Å². The molecule has 86 valence electrons. The van der Waals surface area contributed by atoms with Crippen LogP contribution in [0.4, 0.5) is 0 Å². The van der Waals surface area contributed by atoms with E-state index in [9.17, 15) is 0 Å². The first kappa shape index (κ1) is 10.1. The summed E-state index contributed by atoms with van der Waals surface area (Å²) >= 11 is 0. The molecule has 2 aliphatic carbocycles. The van der Waals surface area contributed by atoms with Gasteiger partial charge in [-0.05, 0) is 62.9 Å². The smallest absolute Gasteiger partial charge is 0.00150 e. The first-order valence-corrected chi connectivity index (χ1v) is 7.11. The third-order valence-electron chi connectivity index (χ3n) is 5.16. The van der Waals surface area contributed by atoms with Crippen molar-refractivity contribution in [2.24, 2.45) is 11.3 Å². The molecule has 1 nitrogen and oxygen atoms in total. The van der Waals surface area contributed by atoms with Crippen LogP contribution >= 0.6 is 0 Å². The Labute approximate surface area is 94.2 Å². The van der Waals surface area contributed by atoms with E-state index < -0.39 is 0 Å². The van der Waals surface area contributed by atoms with E-state index in [-0.39, 0.29) is 0 Å². The Morgan fingerprint density at radius 3 is 2.40 bits per heavy atom. The highest BCUT2D eigenvalue weighted by Crippen LogP contribution is 2.59. The Kier molecular flexibility index (Phi) is 2.76. The summed E-state index contributed by atoms with van der Waals surface area (Å²) in [7, 11) is 0. The fourth-order valence-corrected chi connectivity index (χ4v) is 3.94. The summed E-state index contributed by atoms with van der Waals surface area (Å²) in [6, 6.07) is 0. The van der Waals surface area contributed by atoms with Crippen molar-refractivity contribution >= 4 is 0 Å². The zero-order chi connectivity index (χ0) is 10.1. The van der Waals surface area contributed by atoms with Crippen molar-refractivity contribution in [3.63, 3.8) is 0 Å². The summed E-state index contributed by atoms with van der Waals surface area (Å²) < 4.78 is 0. The molecular formula is C14H25N. The van der Waals surface area contributed by atoms with Gasteiger partial charge in [0.25, 0.3) is 0 Å². The van der Waals surface area contributed by atoms with Crippen LogP contribution in [0.15, 0.2) is 0 Å². The van der Waals surface area contributed by atoms with Gasteiger partial charge in [0.05, 0.1) is 0 Å². The molecule has 0 bridgehead atoms. The Bertz CT molecular complexity index is 213. The molecule has 1 heterocycles. The minimum absolute atomic E-state index is 0.857. The van der Waals surface area contributed by atoms with Crippen LogP contribution in [-0.4, -0.2) is 24.5 Å². The van der Waals surface area contributed by atoms with Crippen molar-refractivity contribution < 1.29 is 0 Å². The van der Waals surface area contributed by atoms with Gasteiger partial charge in [0.1, 0.15) is 0 Å². The lowest BCUT2D eigenvalue weighted by atomic mass is 9.76. The predicted octanol–water partition coefficient (Wildman–Crippen LogP) is 3.44. The number of rotatable bonds is 2. The second-order valence-corrected chi connectivity index (χ2v) is 6.17. The van der Waals surface area contributed by atoms with Crippen molar-refractivity contribution in [3.8, 4) is 0 Å². The van der Waals surface area contributed by atoms with E-state index in [2.05, 4.69) is 4.90 Å². The molecule has 1 heteroatoms. The third-order valence-corrected chi connectivity index (χ3v) is 5.16. The SMILES string of the molecule is C1CCN(CC2CCCCC23CC3)CC1. The maximum atomic E-state index is 2.76. The summed E-state index contributed by atoms with van der Waals surface area (Å²) in [5, 5.41) is 0. The highest BCUT2D eigenvalue weighted by molar-refractivity contribution is 5.01. The molecule has 1 spiro atoms. The van der Waals surface area contributed by atoms with Crippen LogP contribution < -0.4 is 0 Å². The summed E-state index contributed by atoms with van der Waals surface area (Å²) in [6.45, 7) is 4.24. The van der Waals surface area contributed by atoms with Crippen LogP contribution in [-0.2, 0) is 0 Å². The quantitative estimate of drug-likeness (QED) is 0.670. The Hall–Kier alpha value is -0.0400. The van der Waals surface area contributed by atoms with E-state index in [0.29, 0.717) is 0 Å². The molecular weight excluding hydrogens is 182 g/mol. The van der Waals surface area contributed by atoms with E-state index in [1.165, 1.54) is 58.2 Å². The molecule has 2 saturated carbocycles. The molecule has 1 unspecified atom stereocenters. The van der Waals surface area contributed by atoms with Gasteiger partial charge in [-0.1, -0.05) is 19.3 Å². The van der Waals surface area contributed by atoms with E-state index >= 15 is 0 Å². The summed E-state index contributed by atoms with van der Waals surface area (Å²) in [4.78, 5) is 2.76. The monoisotopic (exact) mass is 207 g/mol. The highest BCUT2D eigenvalue weighted by atomic mass is 15.1. The average molecular weight is 207 g/mol. The van der Waals surface area contributed by atoms with Crippen LogP contribution in [0, 0.1) is 11.3 Å². The van der Waals surface area contributed by atoms with Crippen molar-refractivity contribution in [1.29, 1.82) is 0 Å². The van der Waals surface area contributed by atoms with Gasteiger partial charge >= 0.3 is 0 Å². The van der Waals surface area contributed by atoms with Gasteiger partial charge in [-0.2, -0.15) is 0 Å². The standard InChI is InChI=1S/C14H25N/c1-4-10-15(11-5-1)12-13-6-2-3-7-14(13)8-9-14/h13H,1-12H2. The average Bonchev–Trinajstić information content (AvgIpc) is 3.04. The maximum Gasteiger partial charge on any atom is 0.00150 e. The largest absolute Gasteiger partial charge is 0.303 e. The van der Waals surface area contributed by atoms with Crippen LogP contribution in [0.3, 0.4) is 0 Å². The molecule has 3 aliphatic rings. The molecule has 0 aromatic carbocycles. The zero-order valence-electron chi connectivity index (χ0n) is 10.0. The lowest BCUT2D eigenvalue weighted by Crippen LogP contribution is -2.38. The van der Waals surface area contributed by atoms with Gasteiger partial charge in [0.2, 0.25) is 0 Å².